The highest BCUT2D eigenvalue weighted by Crippen LogP contribution is 2.46. The van der Waals surface area contributed by atoms with Crippen LogP contribution in [0.25, 0.3) is 22.4 Å². The van der Waals surface area contributed by atoms with Gasteiger partial charge in [-0.25, -0.2) is 14.2 Å². The molecule has 2 aliphatic rings. The number of aromatic nitrogens is 3. The number of likely N-dealkylation sites (tertiary alicyclic amines) is 1. The number of hydrogen-bond donors (Lipinski definition) is 2. The van der Waals surface area contributed by atoms with Crippen LogP contribution in [0.3, 0.4) is 0 Å². The molecule has 4 aromatic rings. The summed E-state index contributed by atoms with van der Waals surface area (Å²) >= 11 is 13.6. The van der Waals surface area contributed by atoms with Gasteiger partial charge >= 0.3 is 5.69 Å². The van der Waals surface area contributed by atoms with Gasteiger partial charge in [0.15, 0.2) is 0 Å². The molecule has 0 spiro atoms. The average Bonchev–Trinajstić information content (AvgIpc) is 3.41. The van der Waals surface area contributed by atoms with Gasteiger partial charge in [0.2, 0.25) is 5.88 Å². The summed E-state index contributed by atoms with van der Waals surface area (Å²) in [7, 11) is 4.24. The Morgan fingerprint density at radius 3 is 2.57 bits per heavy atom. The van der Waals surface area contributed by atoms with Crippen molar-refractivity contribution < 1.29 is 19.0 Å². The van der Waals surface area contributed by atoms with Crippen molar-refractivity contribution in [2.45, 2.75) is 25.0 Å². The maximum Gasteiger partial charge on any atom is 0.330 e. The summed E-state index contributed by atoms with van der Waals surface area (Å²) in [6.45, 7) is 1.20. The van der Waals surface area contributed by atoms with Crippen molar-refractivity contribution in [3.8, 4) is 28.3 Å². The predicted molar refractivity (Wildman–Crippen MR) is 165 cm³/mol. The van der Waals surface area contributed by atoms with Gasteiger partial charge in [-0.1, -0.05) is 35.3 Å². The molecule has 2 aromatic heterocycles. The molecule has 13 heteroatoms. The average molecular weight is 640 g/mol. The van der Waals surface area contributed by atoms with Gasteiger partial charge in [0, 0.05) is 61.7 Å². The molecule has 0 radical (unpaired) electrons. The van der Waals surface area contributed by atoms with Crippen LogP contribution in [0.2, 0.25) is 10.0 Å². The Hall–Kier alpha value is -4.03. The highest BCUT2D eigenvalue weighted by atomic mass is 35.5. The Balaban J connectivity index is 1.37. The van der Waals surface area contributed by atoms with E-state index in [1.807, 2.05) is 6.07 Å². The van der Waals surface area contributed by atoms with Gasteiger partial charge in [-0.2, -0.15) is 0 Å². The molecule has 2 aromatic carbocycles. The van der Waals surface area contributed by atoms with Gasteiger partial charge in [-0.3, -0.25) is 19.1 Å². The number of β-amino-alcohol motifs (C(OH)–C–C–N with tert-alkyl or cyclic N) is 1. The number of carbonyl (C=O) groups is 1. The minimum atomic E-state index is -0.791. The Bertz CT molecular complexity index is 1950. The minimum Gasteiger partial charge on any atom is -0.481 e. The number of nitrogens with one attached hydrogen (secondary N) is 1. The normalized spacial score (nSPS) is 16.5. The Morgan fingerprint density at radius 1 is 1.11 bits per heavy atom. The second-order valence-corrected chi connectivity index (χ2v) is 11.7. The lowest BCUT2D eigenvalue weighted by atomic mass is 9.98. The summed E-state index contributed by atoms with van der Waals surface area (Å²) in [6.07, 6.45) is 2.47. The van der Waals surface area contributed by atoms with Gasteiger partial charge in [-0.15, -0.1) is 0 Å². The van der Waals surface area contributed by atoms with Crippen LogP contribution in [0, 0.1) is 5.82 Å². The lowest BCUT2D eigenvalue weighted by Crippen LogP contribution is -2.51. The van der Waals surface area contributed by atoms with Gasteiger partial charge in [0.25, 0.3) is 11.5 Å². The van der Waals surface area contributed by atoms with Crippen molar-refractivity contribution in [2.24, 2.45) is 14.1 Å². The minimum absolute atomic E-state index is 0.000450. The number of aliphatic hydroxyl groups is 1. The van der Waals surface area contributed by atoms with E-state index in [1.165, 1.54) is 26.2 Å². The number of aryl methyl sites for hydroxylation is 2. The molecule has 1 aliphatic carbocycles. The number of rotatable bonds is 6. The third-order valence-corrected chi connectivity index (χ3v) is 9.03. The highest BCUT2D eigenvalue weighted by Gasteiger charge is 2.38. The summed E-state index contributed by atoms with van der Waals surface area (Å²) in [4.78, 5) is 44.6. The quantitative estimate of drug-likeness (QED) is 0.325. The fourth-order valence-electron chi connectivity index (χ4n) is 5.96. The molecule has 1 amide bonds. The summed E-state index contributed by atoms with van der Waals surface area (Å²) in [5.41, 5.74) is 1.72. The number of halogens is 3. The summed E-state index contributed by atoms with van der Waals surface area (Å²) in [5.74, 6) is -0.975. The number of ether oxygens (including phenoxy) is 1. The molecule has 44 heavy (non-hydrogen) atoms. The van der Waals surface area contributed by atoms with Crippen molar-refractivity contribution in [3.63, 3.8) is 0 Å². The zero-order chi connectivity index (χ0) is 31.4. The van der Waals surface area contributed by atoms with E-state index in [0.717, 1.165) is 39.3 Å². The van der Waals surface area contributed by atoms with E-state index in [0.29, 0.717) is 30.2 Å². The van der Waals surface area contributed by atoms with Crippen LogP contribution in [-0.4, -0.2) is 56.3 Å². The number of carbonyl (C=O) groups excluding carboxylic acids is 1. The zero-order valence-electron chi connectivity index (χ0n) is 24.0. The highest BCUT2D eigenvalue weighted by molar-refractivity contribution is 6.39. The smallest absolute Gasteiger partial charge is 0.330 e. The van der Waals surface area contributed by atoms with Crippen molar-refractivity contribution >= 4 is 34.8 Å². The fraction of sp³-hybridized carbons (Fsp3) is 0.290. The van der Waals surface area contributed by atoms with Crippen molar-refractivity contribution in [2.75, 3.05) is 25.5 Å². The van der Waals surface area contributed by atoms with Gasteiger partial charge in [-0.05, 0) is 42.7 Å². The number of nitrogens with zero attached hydrogens (tertiary/aromatic N) is 4. The standard InChI is InChI=1S/C31H28Cl2FN5O5/c1-37-14-19(30(42)38(2)31(37)43)28(41)35-21-6-4-5-18(26(21)32)25-20(34)9-8-17(27(25)33)22-11-15-7-10-23(39-12-16(40)13-39)24(15)29(36-22)44-3/h4-6,8-9,11,14,16,23,40H,7,10,12-13H2,1-3H3,(H,35,41)/t23-/m1/s1. The first-order valence-electron chi connectivity index (χ1n) is 13.8. The zero-order valence-corrected chi connectivity index (χ0v) is 25.5. The van der Waals surface area contributed by atoms with Crippen LogP contribution >= 0.6 is 23.2 Å². The number of methoxy groups -OCH3 is 1. The van der Waals surface area contributed by atoms with E-state index < -0.39 is 23.0 Å². The van der Waals surface area contributed by atoms with Crippen LogP contribution in [0.4, 0.5) is 10.1 Å². The topological polar surface area (TPSA) is 119 Å². The summed E-state index contributed by atoms with van der Waals surface area (Å²) in [6, 6.07) is 9.50. The number of anilines is 1. The molecular formula is C31H28Cl2FN5O5. The van der Waals surface area contributed by atoms with E-state index >= 15 is 4.39 Å². The van der Waals surface area contributed by atoms with Gasteiger partial charge in [0.1, 0.15) is 11.4 Å². The maximum atomic E-state index is 15.5. The van der Waals surface area contributed by atoms with E-state index in [-0.39, 0.29) is 44.6 Å². The van der Waals surface area contributed by atoms with E-state index in [1.54, 1.807) is 25.3 Å². The van der Waals surface area contributed by atoms with Crippen LogP contribution in [0.5, 0.6) is 5.88 Å². The van der Waals surface area contributed by atoms with Crippen LogP contribution in [0.15, 0.2) is 52.2 Å². The third kappa shape index (κ3) is 4.99. The monoisotopic (exact) mass is 639 g/mol. The molecule has 1 fully saturated rings. The first-order chi connectivity index (χ1) is 21.0. The molecule has 0 bridgehead atoms. The number of pyridine rings is 1. The second-order valence-electron chi connectivity index (χ2n) is 11.0. The molecular weight excluding hydrogens is 612 g/mol. The maximum absolute atomic E-state index is 15.5. The third-order valence-electron chi connectivity index (χ3n) is 8.23. The molecule has 2 N–H and O–H groups in total. The fourth-order valence-corrected chi connectivity index (χ4v) is 6.58. The lowest BCUT2D eigenvalue weighted by molar-refractivity contribution is -0.0256. The molecule has 1 saturated heterocycles. The molecule has 6 rings (SSSR count). The van der Waals surface area contributed by atoms with E-state index in [9.17, 15) is 19.5 Å². The Kier molecular flexibility index (Phi) is 7.83. The van der Waals surface area contributed by atoms with Crippen molar-refractivity contribution in [1.82, 2.24) is 19.0 Å². The number of aliphatic hydroxyl groups excluding tert-OH is 1. The van der Waals surface area contributed by atoms with Crippen LogP contribution < -0.4 is 21.3 Å². The Labute approximate surface area is 261 Å². The van der Waals surface area contributed by atoms with E-state index in [2.05, 4.69) is 10.2 Å². The number of hydrogen-bond acceptors (Lipinski definition) is 7. The summed E-state index contributed by atoms with van der Waals surface area (Å²) < 4.78 is 23.1. The molecule has 228 valence electrons. The molecule has 1 aliphatic heterocycles. The van der Waals surface area contributed by atoms with Crippen molar-refractivity contribution in [3.05, 3.63) is 96.0 Å². The first-order valence-corrected chi connectivity index (χ1v) is 14.6. The van der Waals surface area contributed by atoms with Gasteiger partial charge < -0.3 is 19.7 Å². The second kappa shape index (κ2) is 11.5. The number of amides is 1. The van der Waals surface area contributed by atoms with E-state index in [4.69, 9.17) is 32.9 Å². The largest absolute Gasteiger partial charge is 0.481 e. The van der Waals surface area contributed by atoms with Gasteiger partial charge in [0.05, 0.1) is 34.6 Å². The SMILES string of the molecule is COc1nc(-c2ccc(F)c(-c3cccc(NC(=O)c4cn(C)c(=O)n(C)c4=O)c3Cl)c2Cl)cc2c1[C@H](N1CC(O)C1)CC2. The Morgan fingerprint density at radius 2 is 1.86 bits per heavy atom. The molecule has 0 saturated carbocycles. The van der Waals surface area contributed by atoms with Crippen LogP contribution in [-0.2, 0) is 20.5 Å². The molecule has 10 nitrogen and oxygen atoms in total. The van der Waals surface area contributed by atoms with Crippen LogP contribution in [0.1, 0.15) is 33.9 Å². The molecule has 3 heterocycles. The summed E-state index contributed by atoms with van der Waals surface area (Å²) in [5, 5.41) is 12.5. The molecule has 1 atom stereocenters. The predicted octanol–water partition coefficient (Wildman–Crippen LogP) is 4.18. The molecule has 0 unspecified atom stereocenters. The lowest BCUT2D eigenvalue weighted by Gasteiger charge is -2.40. The first kappa shape index (κ1) is 30.0. The number of benzene rings is 2. The van der Waals surface area contributed by atoms with Crippen molar-refractivity contribution in [1.29, 1.82) is 0 Å². The number of fused-ring (bicyclic) bond motifs is 1.